The van der Waals surface area contributed by atoms with Gasteiger partial charge in [-0.2, -0.15) is 0 Å². The van der Waals surface area contributed by atoms with Crippen LogP contribution in [0.15, 0.2) is 40.9 Å². The molecule has 0 saturated heterocycles. The predicted octanol–water partition coefficient (Wildman–Crippen LogP) is 4.34. The van der Waals surface area contributed by atoms with Gasteiger partial charge in [-0.3, -0.25) is 0 Å². The minimum atomic E-state index is -1.26. The molecule has 3 rings (SSSR count). The minimum absolute atomic E-state index is 0.558. The van der Waals surface area contributed by atoms with Crippen LogP contribution in [0.4, 0.5) is 0 Å². The molecular weight excluding hydrogens is 396 g/mol. The summed E-state index contributed by atoms with van der Waals surface area (Å²) in [7, 11) is 0. The number of carboxylic acid groups (broad SMARTS) is 2. The number of rotatable bonds is 8. The van der Waals surface area contributed by atoms with Crippen LogP contribution in [-0.4, -0.2) is 51.3 Å². The molecule has 0 amide bonds. The maximum atomic E-state index is 9.55. The van der Waals surface area contributed by atoms with E-state index in [1.807, 2.05) is 6.92 Å². The Morgan fingerprint density at radius 2 is 1.81 bits per heavy atom. The molecule has 1 unspecified atom stereocenters. The van der Waals surface area contributed by atoms with Gasteiger partial charge in [0.25, 0.3) is 0 Å². The van der Waals surface area contributed by atoms with E-state index in [1.165, 1.54) is 55.5 Å². The molecule has 31 heavy (non-hydrogen) atoms. The van der Waals surface area contributed by atoms with Crippen molar-refractivity contribution in [3.63, 3.8) is 0 Å². The summed E-state index contributed by atoms with van der Waals surface area (Å²) < 4.78 is 5.54. The highest BCUT2D eigenvalue weighted by molar-refractivity contribution is 5.89. The van der Waals surface area contributed by atoms with Gasteiger partial charge in [-0.1, -0.05) is 37.2 Å². The maximum Gasteiger partial charge on any atom is 0.328 e. The Morgan fingerprint density at radius 1 is 1.16 bits per heavy atom. The van der Waals surface area contributed by atoms with Crippen molar-refractivity contribution in [2.75, 3.05) is 13.1 Å². The SMILES string of the molecule is CCCN(CCC)C1CCc2cccc(-c3cc(C)no3)c2C1.O=C(O)/C=C\C(=O)O. The maximum absolute atomic E-state index is 9.55. The van der Waals surface area contributed by atoms with Gasteiger partial charge < -0.3 is 19.6 Å². The zero-order valence-corrected chi connectivity index (χ0v) is 18.5. The lowest BCUT2D eigenvalue weighted by Gasteiger charge is -2.35. The first kappa shape index (κ1) is 24.3. The van der Waals surface area contributed by atoms with Crippen LogP contribution in [0.5, 0.6) is 0 Å². The Kier molecular flexibility index (Phi) is 9.46. The highest BCUT2D eigenvalue weighted by atomic mass is 16.5. The van der Waals surface area contributed by atoms with Crippen molar-refractivity contribution in [3.05, 3.63) is 53.2 Å². The van der Waals surface area contributed by atoms with Crippen LogP contribution in [0.25, 0.3) is 11.3 Å². The number of aromatic nitrogens is 1. The highest BCUT2D eigenvalue weighted by Crippen LogP contribution is 2.33. The average Bonchev–Trinajstić information content (AvgIpc) is 3.18. The van der Waals surface area contributed by atoms with Gasteiger partial charge in [-0.05, 0) is 63.2 Å². The fourth-order valence-corrected chi connectivity index (χ4v) is 4.00. The number of carbonyl (C=O) groups is 2. The molecule has 7 nitrogen and oxygen atoms in total. The number of fused-ring (bicyclic) bond motifs is 1. The fraction of sp³-hybridized carbons (Fsp3) is 0.458. The van der Waals surface area contributed by atoms with Gasteiger partial charge >= 0.3 is 11.9 Å². The Morgan fingerprint density at radius 3 is 2.32 bits per heavy atom. The second-order valence-corrected chi connectivity index (χ2v) is 7.72. The van der Waals surface area contributed by atoms with Crippen LogP contribution in [0.2, 0.25) is 0 Å². The summed E-state index contributed by atoms with van der Waals surface area (Å²) in [6.45, 7) is 8.95. The van der Waals surface area contributed by atoms with Crippen molar-refractivity contribution in [1.29, 1.82) is 0 Å². The van der Waals surface area contributed by atoms with Gasteiger partial charge in [0.2, 0.25) is 0 Å². The second kappa shape index (κ2) is 12.1. The molecule has 0 bridgehead atoms. The Bertz CT molecular complexity index is 881. The van der Waals surface area contributed by atoms with Crippen LogP contribution in [0.1, 0.15) is 49.9 Å². The van der Waals surface area contributed by atoms with Gasteiger partial charge in [-0.15, -0.1) is 0 Å². The summed E-state index contributed by atoms with van der Waals surface area (Å²) in [5.41, 5.74) is 5.14. The van der Waals surface area contributed by atoms with Crippen LogP contribution >= 0.6 is 0 Å². The molecule has 168 valence electrons. The molecular formula is C24H32N2O5. The molecule has 1 aliphatic carbocycles. The van der Waals surface area contributed by atoms with E-state index in [9.17, 15) is 9.59 Å². The van der Waals surface area contributed by atoms with Gasteiger partial charge in [-0.25, -0.2) is 9.59 Å². The summed E-state index contributed by atoms with van der Waals surface area (Å²) in [5.74, 6) is -1.60. The Hall–Kier alpha value is -2.93. The number of hydrogen-bond donors (Lipinski definition) is 2. The first-order valence-electron chi connectivity index (χ1n) is 10.8. The standard InChI is InChI=1S/C20H28N2O.C4H4O4/c1-4-11-22(12-5-2)17-10-9-16-7-6-8-18(19(16)14-17)20-13-15(3)21-23-20;5-3(6)1-2-4(7)8/h6-8,13,17H,4-5,9-12,14H2,1-3H3;1-2H,(H,5,6)(H,7,8)/b;2-1-. The Labute approximate surface area is 183 Å². The third-order valence-electron chi connectivity index (χ3n) is 5.26. The molecule has 7 heteroatoms. The molecule has 0 fully saturated rings. The molecule has 0 radical (unpaired) electrons. The third-order valence-corrected chi connectivity index (χ3v) is 5.26. The summed E-state index contributed by atoms with van der Waals surface area (Å²) in [4.78, 5) is 21.8. The summed E-state index contributed by atoms with van der Waals surface area (Å²) in [6, 6.07) is 9.33. The van der Waals surface area contributed by atoms with Crippen molar-refractivity contribution >= 4 is 11.9 Å². The zero-order valence-electron chi connectivity index (χ0n) is 18.5. The molecule has 2 N–H and O–H groups in total. The first-order chi connectivity index (χ1) is 14.8. The lowest BCUT2D eigenvalue weighted by Crippen LogP contribution is -2.40. The summed E-state index contributed by atoms with van der Waals surface area (Å²) >= 11 is 0. The quantitative estimate of drug-likeness (QED) is 0.603. The number of nitrogens with zero attached hydrogens (tertiary/aromatic N) is 2. The van der Waals surface area contributed by atoms with Crippen molar-refractivity contribution in [3.8, 4) is 11.3 Å². The number of carboxylic acids is 2. The summed E-state index contributed by atoms with van der Waals surface area (Å²) in [5, 5.41) is 19.7. The summed E-state index contributed by atoms with van der Waals surface area (Å²) in [6.07, 6.45) is 7.14. The number of hydrogen-bond acceptors (Lipinski definition) is 5. The number of benzene rings is 1. The second-order valence-electron chi connectivity index (χ2n) is 7.72. The minimum Gasteiger partial charge on any atom is -0.478 e. The van der Waals surface area contributed by atoms with E-state index in [1.54, 1.807) is 0 Å². The Balaban J connectivity index is 0.000000366. The fourth-order valence-electron chi connectivity index (χ4n) is 4.00. The van der Waals surface area contributed by atoms with Gasteiger partial charge in [0.05, 0.1) is 5.69 Å². The van der Waals surface area contributed by atoms with Gasteiger partial charge in [0, 0.05) is 29.8 Å². The zero-order chi connectivity index (χ0) is 22.8. The van der Waals surface area contributed by atoms with E-state index >= 15 is 0 Å². The van der Waals surface area contributed by atoms with Crippen molar-refractivity contribution in [1.82, 2.24) is 10.1 Å². The van der Waals surface area contributed by atoms with Crippen LogP contribution in [-0.2, 0) is 22.4 Å². The van der Waals surface area contributed by atoms with E-state index in [0.717, 1.165) is 17.9 Å². The van der Waals surface area contributed by atoms with Gasteiger partial charge in [0.1, 0.15) is 0 Å². The monoisotopic (exact) mass is 428 g/mol. The van der Waals surface area contributed by atoms with Crippen LogP contribution < -0.4 is 0 Å². The van der Waals surface area contributed by atoms with Crippen molar-refractivity contribution in [2.24, 2.45) is 0 Å². The number of aryl methyl sites for hydroxylation is 2. The molecule has 1 aliphatic rings. The molecule has 0 aliphatic heterocycles. The average molecular weight is 429 g/mol. The van der Waals surface area contributed by atoms with E-state index in [4.69, 9.17) is 14.7 Å². The third kappa shape index (κ3) is 7.36. The van der Waals surface area contributed by atoms with Crippen LogP contribution in [0, 0.1) is 6.92 Å². The van der Waals surface area contributed by atoms with E-state index in [2.05, 4.69) is 48.2 Å². The molecule has 1 aromatic heterocycles. The van der Waals surface area contributed by atoms with E-state index < -0.39 is 11.9 Å². The molecule has 0 spiro atoms. The topological polar surface area (TPSA) is 104 Å². The molecule has 1 heterocycles. The predicted molar refractivity (Wildman–Crippen MR) is 119 cm³/mol. The molecule has 0 saturated carbocycles. The number of aliphatic carboxylic acids is 2. The highest BCUT2D eigenvalue weighted by Gasteiger charge is 2.26. The normalized spacial score (nSPS) is 15.4. The molecule has 2 aromatic rings. The molecule has 1 atom stereocenters. The van der Waals surface area contributed by atoms with Crippen molar-refractivity contribution in [2.45, 2.75) is 58.9 Å². The van der Waals surface area contributed by atoms with E-state index in [-0.39, 0.29) is 0 Å². The van der Waals surface area contributed by atoms with Gasteiger partial charge in [0.15, 0.2) is 5.76 Å². The van der Waals surface area contributed by atoms with Crippen LogP contribution in [0.3, 0.4) is 0 Å². The van der Waals surface area contributed by atoms with E-state index in [0.29, 0.717) is 18.2 Å². The smallest absolute Gasteiger partial charge is 0.328 e. The lowest BCUT2D eigenvalue weighted by atomic mass is 9.84. The lowest BCUT2D eigenvalue weighted by molar-refractivity contribution is -0.134. The van der Waals surface area contributed by atoms with Crippen molar-refractivity contribution < 1.29 is 24.3 Å². The largest absolute Gasteiger partial charge is 0.478 e. The first-order valence-corrected chi connectivity index (χ1v) is 10.8. The molecule has 1 aromatic carbocycles.